The van der Waals surface area contributed by atoms with Crippen LogP contribution in [0.2, 0.25) is 0 Å². The monoisotopic (exact) mass is 546 g/mol. The Morgan fingerprint density at radius 1 is 0.450 bits per heavy atom. The van der Waals surface area contributed by atoms with Gasteiger partial charge in [0.1, 0.15) is 0 Å². The smallest absolute Gasteiger partial charge is 0.252 e. The van der Waals surface area contributed by atoms with Crippen molar-refractivity contribution in [3.63, 3.8) is 0 Å². The van der Waals surface area contributed by atoms with Crippen LogP contribution in [-0.4, -0.2) is 21.7 Å². The van der Waals surface area contributed by atoms with Crippen molar-refractivity contribution in [2.24, 2.45) is 0 Å². The first-order chi connectivity index (χ1) is 19.8. The first kappa shape index (κ1) is 22.5. The van der Waals surface area contributed by atoms with Crippen LogP contribution in [0.1, 0.15) is 0 Å². The molecule has 0 aliphatic carbocycles. The Kier molecular flexibility index (Phi) is 4.83. The molecule has 0 saturated heterocycles. The van der Waals surface area contributed by atoms with Gasteiger partial charge >= 0.3 is 0 Å². The van der Waals surface area contributed by atoms with Gasteiger partial charge in [0.2, 0.25) is 5.95 Å². The van der Waals surface area contributed by atoms with E-state index in [0.29, 0.717) is 17.6 Å². The van der Waals surface area contributed by atoms with Gasteiger partial charge in [-0.2, -0.15) is 9.97 Å². The Morgan fingerprint density at radius 2 is 0.900 bits per heavy atom. The molecule has 0 N–H and O–H groups in total. The van der Waals surface area contributed by atoms with Crippen molar-refractivity contribution >= 4 is 63.9 Å². The minimum absolute atomic E-state index is 0.200. The number of nitrogens with zero attached hydrogens (tertiary/aromatic N) is 4. The highest BCUT2D eigenvalue weighted by Crippen LogP contribution is 2.46. The predicted molar refractivity (Wildman–Crippen MR) is 165 cm³/mol. The second-order valence-electron chi connectivity index (χ2n) is 10.0. The molecule has 0 atom stereocenters. The zero-order valence-corrected chi connectivity index (χ0v) is 22.8. The molecule has 6 aromatic rings. The molecule has 0 saturated carbocycles. The van der Waals surface area contributed by atoms with Crippen molar-refractivity contribution in [2.75, 3.05) is 4.90 Å². The second-order valence-corrected chi connectivity index (χ2v) is 12.2. The van der Waals surface area contributed by atoms with Crippen LogP contribution in [0.5, 0.6) is 0 Å². The van der Waals surface area contributed by atoms with Crippen molar-refractivity contribution in [3.05, 3.63) is 115 Å². The Hall–Kier alpha value is -4.33. The molecule has 0 unspecified atom stereocenters. The van der Waals surface area contributed by atoms with E-state index in [-0.39, 0.29) is 6.71 Å². The molecule has 0 radical (unpaired) electrons. The lowest BCUT2D eigenvalue weighted by atomic mass is 9.34. The molecule has 0 bridgehead atoms. The second kappa shape index (κ2) is 8.59. The van der Waals surface area contributed by atoms with Gasteiger partial charge in [0.25, 0.3) is 6.71 Å². The summed E-state index contributed by atoms with van der Waals surface area (Å²) >= 11 is 3.74. The van der Waals surface area contributed by atoms with E-state index >= 15 is 0 Å². The molecule has 1 aromatic heterocycles. The molecule has 5 aromatic carbocycles. The maximum atomic E-state index is 5.13. The van der Waals surface area contributed by atoms with Gasteiger partial charge in [0.05, 0.1) is 0 Å². The van der Waals surface area contributed by atoms with Gasteiger partial charge in [-0.25, -0.2) is 4.98 Å². The maximum Gasteiger partial charge on any atom is 0.252 e. The number of hydrogen-bond donors (Lipinski definition) is 0. The number of benzene rings is 5. The summed E-state index contributed by atoms with van der Waals surface area (Å²) in [5.41, 5.74) is 8.32. The molecule has 40 heavy (non-hydrogen) atoms. The zero-order chi connectivity index (χ0) is 26.2. The van der Waals surface area contributed by atoms with E-state index in [0.717, 1.165) is 22.5 Å². The van der Waals surface area contributed by atoms with E-state index in [2.05, 4.69) is 83.8 Å². The first-order valence-electron chi connectivity index (χ1n) is 13.2. The van der Waals surface area contributed by atoms with Crippen LogP contribution in [0.15, 0.2) is 135 Å². The van der Waals surface area contributed by atoms with Gasteiger partial charge < -0.3 is 0 Å². The van der Waals surface area contributed by atoms with Crippen LogP contribution in [-0.2, 0) is 0 Å². The summed E-state index contributed by atoms with van der Waals surface area (Å²) < 4.78 is 0. The number of aromatic nitrogens is 3. The third kappa shape index (κ3) is 3.22. The van der Waals surface area contributed by atoms with Crippen molar-refractivity contribution < 1.29 is 0 Å². The van der Waals surface area contributed by atoms with Crippen molar-refractivity contribution in [3.8, 4) is 22.8 Å². The van der Waals surface area contributed by atoms with Crippen LogP contribution in [0, 0.1) is 0 Å². The Bertz CT molecular complexity index is 1850. The number of hydrogen-bond acceptors (Lipinski definition) is 6. The maximum absolute atomic E-state index is 5.13. The summed E-state index contributed by atoms with van der Waals surface area (Å²) in [6.45, 7) is 0.200. The van der Waals surface area contributed by atoms with Crippen LogP contribution >= 0.6 is 23.5 Å². The molecule has 0 amide bonds. The van der Waals surface area contributed by atoms with Crippen molar-refractivity contribution in [1.82, 2.24) is 15.0 Å². The van der Waals surface area contributed by atoms with Crippen LogP contribution < -0.4 is 21.3 Å². The molecule has 186 valence electrons. The van der Waals surface area contributed by atoms with E-state index in [4.69, 9.17) is 15.0 Å². The average Bonchev–Trinajstić information content (AvgIpc) is 3.02. The fraction of sp³-hybridized carbons (Fsp3) is 0. The highest BCUT2D eigenvalue weighted by atomic mass is 32.2. The van der Waals surface area contributed by atoms with E-state index < -0.39 is 0 Å². The minimum atomic E-state index is 0.200. The summed E-state index contributed by atoms with van der Waals surface area (Å²) in [5, 5.41) is 0. The molecule has 3 aliphatic heterocycles. The van der Waals surface area contributed by atoms with E-state index in [1.165, 1.54) is 36.0 Å². The summed E-state index contributed by atoms with van der Waals surface area (Å²) in [7, 11) is 0. The van der Waals surface area contributed by atoms with Gasteiger partial charge in [-0.1, -0.05) is 102 Å². The predicted octanol–water partition coefficient (Wildman–Crippen LogP) is 6.43. The third-order valence-corrected chi connectivity index (χ3v) is 10.1. The summed E-state index contributed by atoms with van der Waals surface area (Å²) in [5.74, 6) is 1.96. The van der Waals surface area contributed by atoms with Gasteiger partial charge in [0.15, 0.2) is 11.6 Å². The summed E-state index contributed by atoms with van der Waals surface area (Å²) in [6, 6.07) is 40.4. The lowest BCUT2D eigenvalue weighted by Crippen LogP contribution is -2.62. The molecular weight excluding hydrogens is 527 g/mol. The minimum Gasteiger partial charge on any atom is -0.280 e. The lowest BCUT2D eigenvalue weighted by molar-refractivity contribution is 1.02. The molecule has 7 heteroatoms. The topological polar surface area (TPSA) is 41.9 Å². The average molecular weight is 546 g/mol. The Labute approximate surface area is 240 Å². The third-order valence-electron chi connectivity index (χ3n) is 7.79. The van der Waals surface area contributed by atoms with Crippen molar-refractivity contribution in [1.29, 1.82) is 0 Å². The van der Waals surface area contributed by atoms with Crippen LogP contribution in [0.4, 0.5) is 17.3 Å². The largest absolute Gasteiger partial charge is 0.280 e. The van der Waals surface area contributed by atoms with Gasteiger partial charge in [-0.05, 0) is 52.8 Å². The zero-order valence-electron chi connectivity index (χ0n) is 21.2. The lowest BCUT2D eigenvalue weighted by Gasteiger charge is -2.42. The van der Waals surface area contributed by atoms with E-state index in [1.807, 2.05) is 59.9 Å². The molecule has 4 heterocycles. The molecular formula is C33H19BN4S2. The molecule has 4 nitrogen and oxygen atoms in total. The highest BCUT2D eigenvalue weighted by Gasteiger charge is 2.45. The fourth-order valence-corrected chi connectivity index (χ4v) is 8.58. The van der Waals surface area contributed by atoms with Gasteiger partial charge in [-0.15, -0.1) is 0 Å². The summed E-state index contributed by atoms with van der Waals surface area (Å²) in [4.78, 5) is 22.8. The molecule has 0 fully saturated rings. The van der Waals surface area contributed by atoms with E-state index in [9.17, 15) is 0 Å². The normalized spacial score (nSPS) is 13.7. The first-order valence-corrected chi connectivity index (χ1v) is 14.9. The Morgan fingerprint density at radius 3 is 1.40 bits per heavy atom. The van der Waals surface area contributed by atoms with Crippen LogP contribution in [0.25, 0.3) is 22.8 Å². The standard InChI is InChI=1S/C33H19BN4S2/c1-3-10-20(11-4-1)31-35-32(21-12-5-2-6-13-21)37-33(36-31)38-22-14-7-16-24-28(22)34-29-23(38)15-8-17-25(29)40-27-19-9-18-26(39-24)30(27)34/h1-19H. The number of anilines is 3. The summed E-state index contributed by atoms with van der Waals surface area (Å²) in [6.07, 6.45) is 0. The quantitative estimate of drug-likeness (QED) is 0.238. The molecule has 9 rings (SSSR count). The Balaban J connectivity index is 1.34. The van der Waals surface area contributed by atoms with E-state index in [1.54, 1.807) is 0 Å². The highest BCUT2D eigenvalue weighted by molar-refractivity contribution is 8.01. The van der Waals surface area contributed by atoms with Crippen molar-refractivity contribution in [2.45, 2.75) is 19.6 Å². The molecule has 3 aliphatic rings. The van der Waals surface area contributed by atoms with Gasteiger partial charge in [0, 0.05) is 42.1 Å². The SMILES string of the molecule is c1ccc(-c2nc(-c3ccccc3)nc(N3c4cccc5c4B4c6c(cccc6Sc6cccc3c64)S5)n2)cc1. The molecule has 0 spiro atoms. The fourth-order valence-electron chi connectivity index (χ4n) is 6.11. The number of rotatable bonds is 3. The van der Waals surface area contributed by atoms with Crippen LogP contribution in [0.3, 0.4) is 0 Å². The van der Waals surface area contributed by atoms with Gasteiger partial charge in [-0.3, -0.25) is 4.90 Å².